The fourth-order valence-corrected chi connectivity index (χ4v) is 5.05. The lowest BCUT2D eigenvalue weighted by molar-refractivity contribution is 0.409. The minimum absolute atomic E-state index is 0.0663. The third-order valence-electron chi connectivity index (χ3n) is 5.17. The van der Waals surface area contributed by atoms with E-state index in [1.165, 1.54) is 11.8 Å². The van der Waals surface area contributed by atoms with Crippen LogP contribution >= 0.6 is 11.8 Å². The molecule has 2 aromatic heterocycles. The average molecular weight is 490 g/mol. The van der Waals surface area contributed by atoms with E-state index in [1.54, 1.807) is 38.3 Å². The molecule has 0 atom stereocenters. The fraction of sp³-hybridized carbons (Fsp3) is 0.381. The number of sulfone groups is 1. The summed E-state index contributed by atoms with van der Waals surface area (Å²) < 4.78 is 29.9. The van der Waals surface area contributed by atoms with E-state index in [9.17, 15) is 8.42 Å². The van der Waals surface area contributed by atoms with Gasteiger partial charge >= 0.3 is 0 Å². The van der Waals surface area contributed by atoms with E-state index in [1.807, 2.05) is 13.0 Å². The Bertz CT molecular complexity index is 1210. The fourth-order valence-electron chi connectivity index (χ4n) is 3.42. The van der Waals surface area contributed by atoms with Crippen LogP contribution in [0.5, 0.6) is 5.75 Å². The van der Waals surface area contributed by atoms with Crippen LogP contribution < -0.4 is 20.3 Å². The lowest BCUT2D eigenvalue weighted by Crippen LogP contribution is -2.44. The zero-order chi connectivity index (χ0) is 23.4. The average Bonchev–Trinajstić information content (AvgIpc) is 3.24. The highest BCUT2D eigenvalue weighted by atomic mass is 32.2. The van der Waals surface area contributed by atoms with Crippen molar-refractivity contribution in [1.82, 2.24) is 25.5 Å². The highest BCUT2D eigenvalue weighted by Gasteiger charge is 2.23. The second-order valence-electron chi connectivity index (χ2n) is 7.49. The molecule has 1 aliphatic heterocycles. The molecule has 3 N–H and O–H groups in total. The number of aromatic amines is 1. The molecule has 1 aromatic carbocycles. The molecule has 3 heterocycles. The first-order valence-corrected chi connectivity index (χ1v) is 13.1. The van der Waals surface area contributed by atoms with Gasteiger partial charge in [-0.25, -0.2) is 18.4 Å². The quantitative estimate of drug-likeness (QED) is 0.407. The molecule has 176 valence electrons. The molecule has 0 saturated carbocycles. The van der Waals surface area contributed by atoms with Gasteiger partial charge in [0, 0.05) is 42.8 Å². The Labute approximate surface area is 197 Å². The van der Waals surface area contributed by atoms with E-state index in [-0.39, 0.29) is 5.75 Å². The Hall–Kier alpha value is -2.83. The van der Waals surface area contributed by atoms with Gasteiger partial charge in [0.2, 0.25) is 5.75 Å². The van der Waals surface area contributed by atoms with Crippen LogP contribution in [0.2, 0.25) is 0 Å². The Balaban J connectivity index is 1.69. The number of H-pyrrole nitrogens is 1. The number of piperazine rings is 1. The number of aryl methyl sites for hydroxylation is 1. The van der Waals surface area contributed by atoms with Gasteiger partial charge in [-0.05, 0) is 43.0 Å². The van der Waals surface area contributed by atoms with Crippen molar-refractivity contribution in [3.05, 3.63) is 36.0 Å². The maximum absolute atomic E-state index is 12.1. The predicted molar refractivity (Wildman–Crippen MR) is 129 cm³/mol. The summed E-state index contributed by atoms with van der Waals surface area (Å²) in [5.74, 6) is 2.46. The summed E-state index contributed by atoms with van der Waals surface area (Å²) in [4.78, 5) is 12.8. The van der Waals surface area contributed by atoms with Crippen molar-refractivity contribution in [2.75, 3.05) is 49.3 Å². The van der Waals surface area contributed by atoms with Gasteiger partial charge in [-0.3, -0.25) is 5.10 Å². The summed E-state index contributed by atoms with van der Waals surface area (Å²) in [6.07, 6.45) is 0. The number of rotatable bonds is 8. The predicted octanol–water partition coefficient (Wildman–Crippen LogP) is 2.61. The minimum Gasteiger partial charge on any atom is -0.490 e. The molecular weight excluding hydrogens is 462 g/mol. The van der Waals surface area contributed by atoms with Gasteiger partial charge < -0.3 is 20.3 Å². The van der Waals surface area contributed by atoms with Crippen molar-refractivity contribution in [2.45, 2.75) is 28.8 Å². The number of hydrogen-bond acceptors (Lipinski definition) is 10. The maximum atomic E-state index is 12.1. The number of hydrogen-bond donors (Lipinski definition) is 3. The Morgan fingerprint density at radius 1 is 1.18 bits per heavy atom. The molecule has 0 spiro atoms. The number of nitrogens with one attached hydrogen (secondary N) is 3. The van der Waals surface area contributed by atoms with Crippen LogP contribution in [0.15, 0.2) is 45.3 Å². The van der Waals surface area contributed by atoms with Crippen LogP contribution in [0.4, 0.5) is 17.5 Å². The number of anilines is 3. The first-order chi connectivity index (χ1) is 15.9. The first kappa shape index (κ1) is 23.3. The van der Waals surface area contributed by atoms with Crippen LogP contribution in [0, 0.1) is 6.92 Å². The molecule has 0 unspecified atom stereocenters. The summed E-state index contributed by atoms with van der Waals surface area (Å²) in [6.45, 7) is 6.85. The molecule has 0 radical (unpaired) electrons. The largest absolute Gasteiger partial charge is 0.490 e. The van der Waals surface area contributed by atoms with Crippen molar-refractivity contribution >= 4 is 39.1 Å². The summed E-state index contributed by atoms with van der Waals surface area (Å²) in [6, 6.07) is 8.66. The van der Waals surface area contributed by atoms with Gasteiger partial charge in [0.05, 0.1) is 17.8 Å². The number of benzene rings is 1. The van der Waals surface area contributed by atoms with Crippen LogP contribution in [0.25, 0.3) is 0 Å². The standard InChI is InChI=1S/C21H27N7O3S2/c1-4-33(29,30)16-7-5-15(6-8-16)32-21-24-19(23-17-13-14(2)26-27-17)18(31-3)20(25-21)28-11-9-22-10-12-28/h5-8,13,22H,4,9-12H2,1-3H3,(H2,23,24,25,26,27). The molecule has 4 rings (SSSR count). The van der Waals surface area contributed by atoms with Crippen LogP contribution in [0.1, 0.15) is 12.6 Å². The van der Waals surface area contributed by atoms with Crippen molar-refractivity contribution in [3.8, 4) is 5.75 Å². The van der Waals surface area contributed by atoms with E-state index >= 15 is 0 Å². The lowest BCUT2D eigenvalue weighted by atomic mass is 10.3. The van der Waals surface area contributed by atoms with E-state index in [2.05, 4.69) is 30.7 Å². The number of methoxy groups -OCH3 is 1. The molecular formula is C21H27N7O3S2. The molecule has 0 amide bonds. The van der Waals surface area contributed by atoms with E-state index in [0.29, 0.717) is 33.3 Å². The van der Waals surface area contributed by atoms with Gasteiger partial charge in [0.1, 0.15) is 0 Å². The number of nitrogens with zero attached hydrogens (tertiary/aromatic N) is 4. The molecule has 33 heavy (non-hydrogen) atoms. The smallest absolute Gasteiger partial charge is 0.204 e. The van der Waals surface area contributed by atoms with E-state index in [4.69, 9.17) is 9.72 Å². The molecule has 12 heteroatoms. The molecule has 1 aliphatic rings. The van der Waals surface area contributed by atoms with Gasteiger partial charge in [0.15, 0.2) is 32.4 Å². The molecule has 0 aliphatic carbocycles. The van der Waals surface area contributed by atoms with Gasteiger partial charge in [0.25, 0.3) is 0 Å². The Morgan fingerprint density at radius 3 is 2.52 bits per heavy atom. The third kappa shape index (κ3) is 5.40. The maximum Gasteiger partial charge on any atom is 0.204 e. The highest BCUT2D eigenvalue weighted by molar-refractivity contribution is 7.99. The van der Waals surface area contributed by atoms with Crippen molar-refractivity contribution in [1.29, 1.82) is 0 Å². The second kappa shape index (κ2) is 9.98. The molecule has 1 saturated heterocycles. The third-order valence-corrected chi connectivity index (χ3v) is 7.80. The summed E-state index contributed by atoms with van der Waals surface area (Å²) in [5.41, 5.74) is 0.921. The summed E-state index contributed by atoms with van der Waals surface area (Å²) in [7, 11) is -1.64. The Kier molecular flexibility index (Phi) is 7.05. The SMILES string of the molecule is CCS(=O)(=O)c1ccc(Sc2nc(Nc3cc(C)[nH]n3)c(OC)c(N3CCNCC3)n2)cc1. The van der Waals surface area contributed by atoms with Crippen molar-refractivity contribution < 1.29 is 13.2 Å². The van der Waals surface area contributed by atoms with Gasteiger partial charge in [-0.15, -0.1) is 0 Å². The molecule has 0 bridgehead atoms. The number of ether oxygens (including phenoxy) is 1. The minimum atomic E-state index is -3.25. The van der Waals surface area contributed by atoms with Gasteiger partial charge in [-0.1, -0.05) is 6.92 Å². The van der Waals surface area contributed by atoms with Crippen molar-refractivity contribution in [3.63, 3.8) is 0 Å². The highest BCUT2D eigenvalue weighted by Crippen LogP contribution is 2.38. The zero-order valence-electron chi connectivity index (χ0n) is 18.8. The molecule has 1 fully saturated rings. The van der Waals surface area contributed by atoms with Crippen LogP contribution in [0.3, 0.4) is 0 Å². The molecule has 3 aromatic rings. The van der Waals surface area contributed by atoms with E-state index in [0.717, 1.165) is 36.8 Å². The monoisotopic (exact) mass is 489 g/mol. The molecule has 10 nitrogen and oxygen atoms in total. The normalized spacial score (nSPS) is 14.3. The number of aromatic nitrogens is 4. The summed E-state index contributed by atoms with van der Waals surface area (Å²) in [5, 5.41) is 14.3. The van der Waals surface area contributed by atoms with Gasteiger partial charge in [-0.2, -0.15) is 5.10 Å². The van der Waals surface area contributed by atoms with E-state index < -0.39 is 9.84 Å². The second-order valence-corrected chi connectivity index (χ2v) is 10.8. The van der Waals surface area contributed by atoms with Crippen LogP contribution in [-0.2, 0) is 9.84 Å². The first-order valence-electron chi connectivity index (χ1n) is 10.6. The summed E-state index contributed by atoms with van der Waals surface area (Å²) >= 11 is 1.36. The van der Waals surface area contributed by atoms with Crippen molar-refractivity contribution in [2.24, 2.45) is 0 Å². The zero-order valence-corrected chi connectivity index (χ0v) is 20.4. The van der Waals surface area contributed by atoms with Crippen LogP contribution in [-0.4, -0.2) is 67.6 Å². The Morgan fingerprint density at radius 2 is 1.91 bits per heavy atom. The topological polar surface area (TPSA) is 125 Å². The lowest BCUT2D eigenvalue weighted by Gasteiger charge is -2.30.